The van der Waals surface area contributed by atoms with Gasteiger partial charge in [-0.2, -0.15) is 0 Å². The van der Waals surface area contributed by atoms with E-state index in [0.717, 1.165) is 69.8 Å². The number of nitrogens with zero attached hydrogens (tertiary/aromatic N) is 5. The van der Waals surface area contributed by atoms with Crippen molar-refractivity contribution in [3.63, 3.8) is 0 Å². The largest absolute Gasteiger partial charge is 0.361 e. The summed E-state index contributed by atoms with van der Waals surface area (Å²) < 4.78 is 5.18. The molecule has 1 N–H and O–H groups in total. The van der Waals surface area contributed by atoms with E-state index in [0.29, 0.717) is 6.04 Å². The third-order valence-corrected chi connectivity index (χ3v) is 5.68. The quantitative estimate of drug-likeness (QED) is 0.365. The Balaban J connectivity index is 0.00000280. The summed E-state index contributed by atoms with van der Waals surface area (Å²) in [4.78, 5) is 12.5. The number of rotatable bonds is 6. The number of hydrogen-bond acceptors (Lipinski definition) is 5. The number of hydrogen-bond donors (Lipinski definition) is 1. The van der Waals surface area contributed by atoms with Gasteiger partial charge in [0, 0.05) is 51.4 Å². The zero-order valence-electron chi connectivity index (χ0n) is 17.7. The molecule has 2 aliphatic rings. The van der Waals surface area contributed by atoms with Crippen molar-refractivity contribution in [2.75, 3.05) is 52.4 Å². The smallest absolute Gasteiger partial charge is 0.194 e. The minimum Gasteiger partial charge on any atom is -0.361 e. The van der Waals surface area contributed by atoms with Gasteiger partial charge in [0.1, 0.15) is 5.76 Å². The second kappa shape index (κ2) is 12.0. The molecule has 1 aromatic heterocycles. The molecular weight excluding hydrogens is 467 g/mol. The zero-order valence-corrected chi connectivity index (χ0v) is 20.0. The summed E-state index contributed by atoms with van der Waals surface area (Å²) in [6, 6.07) is 2.63. The molecule has 1 aromatic rings. The predicted octanol–water partition coefficient (Wildman–Crippen LogP) is 2.56. The fourth-order valence-electron chi connectivity index (χ4n) is 4.14. The maximum absolute atomic E-state index is 5.18. The fraction of sp³-hybridized carbons (Fsp3) is 0.800. The van der Waals surface area contributed by atoms with E-state index in [4.69, 9.17) is 9.52 Å². The summed E-state index contributed by atoms with van der Waals surface area (Å²) >= 11 is 0. The Morgan fingerprint density at radius 1 is 1.21 bits per heavy atom. The third kappa shape index (κ3) is 6.59. The van der Waals surface area contributed by atoms with E-state index in [9.17, 15) is 0 Å². The van der Waals surface area contributed by atoms with Crippen LogP contribution in [0.4, 0.5) is 0 Å². The van der Waals surface area contributed by atoms with Gasteiger partial charge in [0.2, 0.25) is 0 Å². The number of guanidine groups is 1. The van der Waals surface area contributed by atoms with Crippen molar-refractivity contribution < 1.29 is 4.52 Å². The number of aromatic nitrogens is 1. The van der Waals surface area contributed by atoms with E-state index >= 15 is 0 Å². The molecule has 0 saturated carbocycles. The fourth-order valence-corrected chi connectivity index (χ4v) is 4.14. The van der Waals surface area contributed by atoms with Crippen LogP contribution < -0.4 is 5.32 Å². The number of halogens is 1. The molecule has 0 radical (unpaired) electrons. The highest BCUT2D eigenvalue weighted by molar-refractivity contribution is 14.0. The summed E-state index contributed by atoms with van der Waals surface area (Å²) in [6.07, 6.45) is 3.95. The Kier molecular flexibility index (Phi) is 10.0. The van der Waals surface area contributed by atoms with E-state index in [-0.39, 0.29) is 24.0 Å². The van der Waals surface area contributed by atoms with Crippen LogP contribution in [0.3, 0.4) is 0 Å². The lowest BCUT2D eigenvalue weighted by Crippen LogP contribution is -2.52. The number of likely N-dealkylation sites (N-methyl/N-ethyl adjacent to an activating group) is 1. The minimum atomic E-state index is 0. The van der Waals surface area contributed by atoms with Crippen LogP contribution >= 0.6 is 24.0 Å². The van der Waals surface area contributed by atoms with Gasteiger partial charge in [-0.15, -0.1) is 24.0 Å². The van der Waals surface area contributed by atoms with E-state index in [1.165, 1.54) is 25.8 Å². The molecule has 2 aliphatic heterocycles. The van der Waals surface area contributed by atoms with Crippen molar-refractivity contribution in [1.29, 1.82) is 0 Å². The molecule has 28 heavy (non-hydrogen) atoms. The van der Waals surface area contributed by atoms with E-state index in [1.807, 2.05) is 13.0 Å². The Labute approximate surface area is 186 Å². The van der Waals surface area contributed by atoms with Crippen LogP contribution in [0, 0.1) is 6.92 Å². The van der Waals surface area contributed by atoms with Gasteiger partial charge in [-0.3, -0.25) is 14.8 Å². The molecule has 1 atom stereocenters. The third-order valence-electron chi connectivity index (χ3n) is 5.68. The van der Waals surface area contributed by atoms with Gasteiger partial charge in [0.15, 0.2) is 5.96 Å². The second-order valence-electron chi connectivity index (χ2n) is 7.66. The first-order valence-corrected chi connectivity index (χ1v) is 10.6. The monoisotopic (exact) mass is 504 g/mol. The first kappa shape index (κ1) is 23.4. The lowest BCUT2D eigenvalue weighted by atomic mass is 10.0. The molecule has 0 bridgehead atoms. The Bertz CT molecular complexity index is 599. The van der Waals surface area contributed by atoms with Crippen LogP contribution in [-0.4, -0.2) is 84.2 Å². The van der Waals surface area contributed by atoms with Crippen molar-refractivity contribution in [1.82, 2.24) is 25.2 Å². The normalized spacial score (nSPS) is 22.2. The standard InChI is InChI=1S/C20H36N6O.HI/c1-4-21-20(22-15-19-8-6-7-9-25(19)5-2)26-12-10-24(11-13-26)16-18-14-17(3)27-23-18;/h14,19H,4-13,15-16H2,1-3H3,(H,21,22);1H. The molecular formula is C20H37IN6O. The zero-order chi connectivity index (χ0) is 19.1. The summed E-state index contributed by atoms with van der Waals surface area (Å²) in [5.41, 5.74) is 1.03. The summed E-state index contributed by atoms with van der Waals surface area (Å²) in [5.74, 6) is 1.96. The first-order valence-electron chi connectivity index (χ1n) is 10.6. The molecule has 1 unspecified atom stereocenters. The van der Waals surface area contributed by atoms with E-state index < -0.39 is 0 Å². The van der Waals surface area contributed by atoms with Crippen LogP contribution in [0.1, 0.15) is 44.6 Å². The molecule has 3 heterocycles. The summed E-state index contributed by atoms with van der Waals surface area (Å²) in [5, 5.41) is 7.62. The van der Waals surface area contributed by atoms with Crippen LogP contribution in [0.15, 0.2) is 15.6 Å². The number of nitrogens with one attached hydrogen (secondary N) is 1. The van der Waals surface area contributed by atoms with E-state index in [1.54, 1.807) is 0 Å². The van der Waals surface area contributed by atoms with Crippen LogP contribution in [0.5, 0.6) is 0 Å². The topological polar surface area (TPSA) is 60.1 Å². The number of aryl methyl sites for hydroxylation is 1. The minimum absolute atomic E-state index is 0. The van der Waals surface area contributed by atoms with Crippen LogP contribution in [-0.2, 0) is 6.54 Å². The highest BCUT2D eigenvalue weighted by Gasteiger charge is 2.23. The lowest BCUT2D eigenvalue weighted by molar-refractivity contribution is 0.158. The average Bonchev–Trinajstić information content (AvgIpc) is 3.10. The maximum Gasteiger partial charge on any atom is 0.194 e. The number of aliphatic imine (C=N–C) groups is 1. The lowest BCUT2D eigenvalue weighted by Gasteiger charge is -2.37. The SMILES string of the molecule is CCNC(=NCC1CCCCN1CC)N1CCN(Cc2cc(C)on2)CC1.I. The summed E-state index contributed by atoms with van der Waals surface area (Å²) in [6.45, 7) is 15.5. The number of likely N-dealkylation sites (tertiary alicyclic amines) is 1. The molecule has 0 aromatic carbocycles. The first-order chi connectivity index (χ1) is 13.2. The molecule has 0 amide bonds. The van der Waals surface area contributed by atoms with Crippen LogP contribution in [0.25, 0.3) is 0 Å². The van der Waals surface area contributed by atoms with Crippen molar-refractivity contribution >= 4 is 29.9 Å². The molecule has 8 heteroatoms. The van der Waals surface area contributed by atoms with Gasteiger partial charge in [-0.1, -0.05) is 18.5 Å². The molecule has 0 spiro atoms. The van der Waals surface area contributed by atoms with Gasteiger partial charge >= 0.3 is 0 Å². The molecule has 2 fully saturated rings. The van der Waals surface area contributed by atoms with Gasteiger partial charge in [0.25, 0.3) is 0 Å². The molecule has 2 saturated heterocycles. The van der Waals surface area contributed by atoms with Crippen molar-refractivity contribution in [3.8, 4) is 0 Å². The number of piperidine rings is 1. The maximum atomic E-state index is 5.18. The van der Waals surface area contributed by atoms with Crippen LogP contribution in [0.2, 0.25) is 0 Å². The van der Waals surface area contributed by atoms with Gasteiger partial charge < -0.3 is 14.7 Å². The molecule has 0 aliphatic carbocycles. The van der Waals surface area contributed by atoms with Crippen molar-refractivity contribution in [2.45, 2.75) is 52.6 Å². The van der Waals surface area contributed by atoms with Crippen molar-refractivity contribution in [2.24, 2.45) is 4.99 Å². The Morgan fingerprint density at radius 3 is 2.64 bits per heavy atom. The van der Waals surface area contributed by atoms with Gasteiger partial charge in [0.05, 0.1) is 12.2 Å². The predicted molar refractivity (Wildman–Crippen MR) is 124 cm³/mol. The van der Waals surface area contributed by atoms with Gasteiger partial charge in [-0.05, 0) is 39.8 Å². The Morgan fingerprint density at radius 2 is 2.00 bits per heavy atom. The van der Waals surface area contributed by atoms with Gasteiger partial charge in [-0.25, -0.2) is 0 Å². The van der Waals surface area contributed by atoms with E-state index in [2.05, 4.69) is 39.0 Å². The number of piperazine rings is 1. The molecule has 3 rings (SSSR count). The highest BCUT2D eigenvalue weighted by Crippen LogP contribution is 2.17. The Hall–Kier alpha value is -0.870. The highest BCUT2D eigenvalue weighted by atomic mass is 127. The summed E-state index contributed by atoms with van der Waals surface area (Å²) in [7, 11) is 0. The second-order valence-corrected chi connectivity index (χ2v) is 7.66. The van der Waals surface area contributed by atoms with Crippen molar-refractivity contribution in [3.05, 3.63) is 17.5 Å². The average molecular weight is 504 g/mol. The molecule has 160 valence electrons. The molecule has 7 nitrogen and oxygen atoms in total.